The average Bonchev–Trinajstić information content (AvgIpc) is 3.32. The first-order valence-electron chi connectivity index (χ1n) is 8.46. The molecule has 4 rings (SSSR count). The molecular weight excluding hydrogens is 380 g/mol. The first kappa shape index (κ1) is 17.8. The number of aryl methyl sites for hydroxylation is 1. The molecule has 5 nitrogen and oxygen atoms in total. The Morgan fingerprint density at radius 3 is 2.70 bits per heavy atom. The standard InChI is InChI=1S/C20H17ClN4OS/c1-13-6-8-15(9-7-13)19-24-23-18(26-19)14(2)27-20-22-10-11-25(20)17-5-3-4-16(21)12-17/h3-12,14H,1-2H3. The number of imidazole rings is 1. The van der Waals surface area contributed by atoms with Crippen LogP contribution >= 0.6 is 23.4 Å². The van der Waals surface area contributed by atoms with Gasteiger partial charge in [0.1, 0.15) is 0 Å². The Hall–Kier alpha value is -2.57. The van der Waals surface area contributed by atoms with Crippen LogP contribution in [0.5, 0.6) is 0 Å². The average molecular weight is 397 g/mol. The predicted octanol–water partition coefficient (Wildman–Crippen LogP) is 5.74. The van der Waals surface area contributed by atoms with E-state index in [4.69, 9.17) is 16.0 Å². The highest BCUT2D eigenvalue weighted by Crippen LogP contribution is 2.35. The summed E-state index contributed by atoms with van der Waals surface area (Å²) in [6.07, 6.45) is 3.67. The molecule has 0 aliphatic rings. The smallest absolute Gasteiger partial charge is 0.247 e. The van der Waals surface area contributed by atoms with E-state index in [1.165, 1.54) is 5.56 Å². The van der Waals surface area contributed by atoms with Crippen LogP contribution in [-0.2, 0) is 0 Å². The summed E-state index contributed by atoms with van der Waals surface area (Å²) in [5.41, 5.74) is 3.06. The van der Waals surface area contributed by atoms with Gasteiger partial charge in [-0.05, 0) is 44.2 Å². The van der Waals surface area contributed by atoms with Crippen LogP contribution in [0.2, 0.25) is 5.02 Å². The van der Waals surface area contributed by atoms with Crippen LogP contribution in [-0.4, -0.2) is 19.7 Å². The molecule has 7 heteroatoms. The fourth-order valence-corrected chi connectivity index (χ4v) is 3.72. The van der Waals surface area contributed by atoms with Gasteiger partial charge in [0.05, 0.1) is 5.25 Å². The quantitative estimate of drug-likeness (QED) is 0.403. The fraction of sp³-hybridized carbons (Fsp3) is 0.150. The monoisotopic (exact) mass is 396 g/mol. The van der Waals surface area contributed by atoms with Crippen molar-refractivity contribution in [1.82, 2.24) is 19.7 Å². The summed E-state index contributed by atoms with van der Waals surface area (Å²) in [6, 6.07) is 15.7. The molecule has 0 radical (unpaired) electrons. The zero-order valence-corrected chi connectivity index (χ0v) is 16.4. The van der Waals surface area contributed by atoms with Gasteiger partial charge >= 0.3 is 0 Å². The van der Waals surface area contributed by atoms with E-state index < -0.39 is 0 Å². The second kappa shape index (κ2) is 7.58. The zero-order chi connectivity index (χ0) is 18.8. The van der Waals surface area contributed by atoms with Gasteiger partial charge in [-0.2, -0.15) is 0 Å². The highest BCUT2D eigenvalue weighted by atomic mass is 35.5. The lowest BCUT2D eigenvalue weighted by Gasteiger charge is -2.10. The van der Waals surface area contributed by atoms with Crippen LogP contribution in [0.3, 0.4) is 0 Å². The van der Waals surface area contributed by atoms with Gasteiger partial charge in [0.25, 0.3) is 0 Å². The normalized spacial score (nSPS) is 12.3. The van der Waals surface area contributed by atoms with E-state index in [0.29, 0.717) is 16.8 Å². The largest absolute Gasteiger partial charge is 0.419 e. The highest BCUT2D eigenvalue weighted by Gasteiger charge is 2.19. The third kappa shape index (κ3) is 3.91. The van der Waals surface area contributed by atoms with E-state index in [0.717, 1.165) is 16.4 Å². The van der Waals surface area contributed by atoms with Crippen molar-refractivity contribution in [2.45, 2.75) is 24.3 Å². The van der Waals surface area contributed by atoms with Crippen LogP contribution in [0, 0.1) is 6.92 Å². The number of hydrogen-bond donors (Lipinski definition) is 0. The van der Waals surface area contributed by atoms with Crippen molar-refractivity contribution < 1.29 is 4.42 Å². The number of hydrogen-bond acceptors (Lipinski definition) is 5. The van der Waals surface area contributed by atoms with Gasteiger partial charge in [0, 0.05) is 28.7 Å². The van der Waals surface area contributed by atoms with E-state index >= 15 is 0 Å². The van der Waals surface area contributed by atoms with Crippen molar-refractivity contribution in [3.63, 3.8) is 0 Å². The van der Waals surface area contributed by atoms with Crippen molar-refractivity contribution in [3.05, 3.63) is 77.4 Å². The van der Waals surface area contributed by atoms with Gasteiger partial charge in [-0.1, -0.05) is 47.1 Å². The van der Waals surface area contributed by atoms with Crippen LogP contribution in [0.1, 0.15) is 23.6 Å². The molecular formula is C20H17ClN4OS. The van der Waals surface area contributed by atoms with Gasteiger partial charge < -0.3 is 4.42 Å². The Morgan fingerprint density at radius 1 is 1.11 bits per heavy atom. The maximum absolute atomic E-state index is 6.11. The van der Waals surface area contributed by atoms with E-state index in [1.54, 1.807) is 18.0 Å². The molecule has 0 fully saturated rings. The topological polar surface area (TPSA) is 56.7 Å². The summed E-state index contributed by atoms with van der Waals surface area (Å²) in [5.74, 6) is 1.09. The maximum Gasteiger partial charge on any atom is 0.247 e. The second-order valence-corrected chi connectivity index (χ2v) is 7.88. The van der Waals surface area contributed by atoms with Crippen molar-refractivity contribution in [2.24, 2.45) is 0 Å². The predicted molar refractivity (Wildman–Crippen MR) is 107 cm³/mol. The number of nitrogens with zero attached hydrogens (tertiary/aromatic N) is 4. The number of benzene rings is 2. The lowest BCUT2D eigenvalue weighted by molar-refractivity contribution is 0.509. The summed E-state index contributed by atoms with van der Waals surface area (Å²) in [6.45, 7) is 4.07. The molecule has 0 N–H and O–H groups in total. The van der Waals surface area contributed by atoms with Crippen LogP contribution in [0.4, 0.5) is 0 Å². The number of aromatic nitrogens is 4. The fourth-order valence-electron chi connectivity index (χ4n) is 2.62. The Bertz CT molecular complexity index is 1060. The second-order valence-electron chi connectivity index (χ2n) is 6.13. The van der Waals surface area contributed by atoms with Crippen LogP contribution in [0.25, 0.3) is 17.1 Å². The Morgan fingerprint density at radius 2 is 1.93 bits per heavy atom. The zero-order valence-electron chi connectivity index (χ0n) is 14.8. The Kier molecular flexibility index (Phi) is 5.01. The molecule has 0 amide bonds. The van der Waals surface area contributed by atoms with Gasteiger partial charge in [0.15, 0.2) is 5.16 Å². The third-order valence-corrected chi connectivity index (χ3v) is 5.37. The van der Waals surface area contributed by atoms with E-state index in [9.17, 15) is 0 Å². The minimum atomic E-state index is -0.0444. The van der Waals surface area contributed by atoms with Gasteiger partial charge in [-0.25, -0.2) is 4.98 Å². The minimum Gasteiger partial charge on any atom is -0.419 e. The SMILES string of the molecule is Cc1ccc(-c2nnc(C(C)Sc3nccn3-c3cccc(Cl)c3)o2)cc1. The summed E-state index contributed by atoms with van der Waals surface area (Å²) in [7, 11) is 0. The summed E-state index contributed by atoms with van der Waals surface area (Å²) < 4.78 is 7.87. The van der Waals surface area contributed by atoms with Crippen molar-refractivity contribution in [2.75, 3.05) is 0 Å². The van der Waals surface area contributed by atoms with E-state index in [1.807, 2.05) is 73.1 Å². The first-order valence-corrected chi connectivity index (χ1v) is 9.72. The molecule has 0 saturated heterocycles. The minimum absolute atomic E-state index is 0.0444. The third-order valence-electron chi connectivity index (χ3n) is 4.06. The lowest BCUT2D eigenvalue weighted by Crippen LogP contribution is -1.97. The molecule has 0 aliphatic carbocycles. The molecule has 136 valence electrons. The van der Waals surface area contributed by atoms with Crippen LogP contribution in [0.15, 0.2) is 70.5 Å². The number of halogens is 1. The molecule has 0 spiro atoms. The molecule has 0 aliphatic heterocycles. The summed E-state index contributed by atoms with van der Waals surface area (Å²) in [4.78, 5) is 4.46. The molecule has 27 heavy (non-hydrogen) atoms. The molecule has 1 unspecified atom stereocenters. The molecule has 2 heterocycles. The Balaban J connectivity index is 1.55. The summed E-state index contributed by atoms with van der Waals surface area (Å²) >= 11 is 7.67. The van der Waals surface area contributed by atoms with Crippen molar-refractivity contribution in [3.8, 4) is 17.1 Å². The van der Waals surface area contributed by atoms with Gasteiger partial charge in [0.2, 0.25) is 11.8 Å². The molecule has 2 aromatic carbocycles. The van der Waals surface area contributed by atoms with E-state index in [2.05, 4.69) is 15.2 Å². The summed E-state index contributed by atoms with van der Waals surface area (Å²) in [5, 5.41) is 9.87. The highest BCUT2D eigenvalue weighted by molar-refractivity contribution is 7.99. The van der Waals surface area contributed by atoms with Gasteiger partial charge in [-0.3, -0.25) is 4.57 Å². The van der Waals surface area contributed by atoms with Crippen molar-refractivity contribution in [1.29, 1.82) is 0 Å². The molecule has 2 aromatic heterocycles. The lowest BCUT2D eigenvalue weighted by atomic mass is 10.1. The van der Waals surface area contributed by atoms with E-state index in [-0.39, 0.29) is 5.25 Å². The van der Waals surface area contributed by atoms with Crippen molar-refractivity contribution >= 4 is 23.4 Å². The first-order chi connectivity index (χ1) is 13.1. The molecule has 4 aromatic rings. The number of thioether (sulfide) groups is 1. The molecule has 0 bridgehead atoms. The van der Waals surface area contributed by atoms with Crippen LogP contribution < -0.4 is 0 Å². The number of rotatable bonds is 5. The maximum atomic E-state index is 6.11. The Labute approximate surface area is 166 Å². The molecule has 0 saturated carbocycles. The molecule has 1 atom stereocenters. The van der Waals surface area contributed by atoms with Gasteiger partial charge in [-0.15, -0.1) is 10.2 Å².